The van der Waals surface area contributed by atoms with E-state index in [9.17, 15) is 0 Å². The first kappa shape index (κ1) is 12.9. The van der Waals surface area contributed by atoms with Crippen LogP contribution in [0.5, 0.6) is 0 Å². The van der Waals surface area contributed by atoms with Gasteiger partial charge in [0.2, 0.25) is 0 Å². The van der Waals surface area contributed by atoms with E-state index in [4.69, 9.17) is 15.0 Å². The smallest absolute Gasteiger partial charge is 0.260 e. The number of rotatable bonds is 3. The van der Waals surface area contributed by atoms with Crippen LogP contribution in [-0.2, 0) is 11.2 Å². The third-order valence-electron chi connectivity index (χ3n) is 3.21. The quantitative estimate of drug-likeness (QED) is 0.663. The van der Waals surface area contributed by atoms with Crippen molar-refractivity contribution in [1.82, 2.24) is 10.1 Å². The van der Waals surface area contributed by atoms with Crippen molar-refractivity contribution in [2.45, 2.75) is 12.8 Å². The highest BCUT2D eigenvalue weighted by Crippen LogP contribution is 2.27. The molecule has 0 saturated carbocycles. The van der Waals surface area contributed by atoms with Crippen LogP contribution in [0.4, 0.5) is 5.69 Å². The fourth-order valence-corrected chi connectivity index (χ4v) is 2.65. The second kappa shape index (κ2) is 5.46. The molecule has 0 aliphatic carbocycles. The van der Waals surface area contributed by atoms with Crippen LogP contribution in [0.3, 0.4) is 0 Å². The number of nitrogen functional groups attached to an aromatic ring is 1. The van der Waals surface area contributed by atoms with E-state index in [0.717, 1.165) is 41.0 Å². The zero-order chi connectivity index (χ0) is 13.2. The Labute approximate surface area is 124 Å². The van der Waals surface area contributed by atoms with Crippen molar-refractivity contribution in [1.29, 1.82) is 0 Å². The molecule has 1 saturated heterocycles. The summed E-state index contributed by atoms with van der Waals surface area (Å²) in [4.78, 5) is 4.43. The van der Waals surface area contributed by atoms with Gasteiger partial charge in [0.15, 0.2) is 5.82 Å². The Morgan fingerprint density at radius 2 is 2.32 bits per heavy atom. The number of hydrogen-bond donors (Lipinski definition) is 1. The minimum Gasteiger partial charge on any atom is -0.398 e. The average Bonchev–Trinajstić information content (AvgIpc) is 3.04. The highest BCUT2D eigenvalue weighted by molar-refractivity contribution is 14.1. The number of hydrogen-bond acceptors (Lipinski definition) is 5. The lowest BCUT2D eigenvalue weighted by Gasteiger charge is -2.02. The summed E-state index contributed by atoms with van der Waals surface area (Å²) in [5.74, 6) is 1.72. The number of ether oxygens (including phenoxy) is 1. The van der Waals surface area contributed by atoms with Gasteiger partial charge in [-0.25, -0.2) is 0 Å². The van der Waals surface area contributed by atoms with Crippen molar-refractivity contribution < 1.29 is 9.26 Å². The lowest BCUT2D eigenvalue weighted by molar-refractivity contribution is 0.185. The van der Waals surface area contributed by atoms with Crippen LogP contribution in [0.2, 0.25) is 0 Å². The molecule has 0 bridgehead atoms. The molecule has 1 fully saturated rings. The lowest BCUT2D eigenvalue weighted by atomic mass is 10.1. The average molecular weight is 371 g/mol. The molecule has 2 aromatic rings. The Kier molecular flexibility index (Phi) is 3.69. The normalized spacial score (nSPS) is 18.9. The van der Waals surface area contributed by atoms with Crippen LogP contribution in [0.1, 0.15) is 12.2 Å². The van der Waals surface area contributed by atoms with Gasteiger partial charge in [-0.2, -0.15) is 4.98 Å². The molecule has 1 aromatic carbocycles. The van der Waals surface area contributed by atoms with Crippen LogP contribution in [0.25, 0.3) is 11.5 Å². The molecule has 6 heteroatoms. The number of nitrogens with two attached hydrogens (primary N) is 1. The van der Waals surface area contributed by atoms with E-state index < -0.39 is 0 Å². The van der Waals surface area contributed by atoms with E-state index in [2.05, 4.69) is 32.7 Å². The van der Waals surface area contributed by atoms with Gasteiger partial charge < -0.3 is 15.0 Å². The van der Waals surface area contributed by atoms with Crippen LogP contribution < -0.4 is 5.73 Å². The maximum Gasteiger partial charge on any atom is 0.260 e. The Morgan fingerprint density at radius 1 is 1.42 bits per heavy atom. The minimum absolute atomic E-state index is 0.491. The monoisotopic (exact) mass is 371 g/mol. The fraction of sp³-hybridized carbons (Fsp3) is 0.385. The summed E-state index contributed by atoms with van der Waals surface area (Å²) in [7, 11) is 0. The van der Waals surface area contributed by atoms with Crippen molar-refractivity contribution >= 4 is 28.3 Å². The van der Waals surface area contributed by atoms with Gasteiger partial charge in [-0.3, -0.25) is 0 Å². The van der Waals surface area contributed by atoms with Gasteiger partial charge in [-0.1, -0.05) is 5.16 Å². The first-order valence-corrected chi connectivity index (χ1v) is 7.26. The molecular formula is C13H14IN3O2. The first-order valence-electron chi connectivity index (χ1n) is 6.18. The Balaban J connectivity index is 1.82. The molecule has 0 amide bonds. The van der Waals surface area contributed by atoms with Gasteiger partial charge in [-0.05, 0) is 53.1 Å². The molecule has 5 nitrogen and oxygen atoms in total. The van der Waals surface area contributed by atoms with Crippen molar-refractivity contribution in [3.05, 3.63) is 27.6 Å². The van der Waals surface area contributed by atoms with Crippen molar-refractivity contribution in [2.24, 2.45) is 5.92 Å². The maximum absolute atomic E-state index is 5.94. The van der Waals surface area contributed by atoms with Crippen molar-refractivity contribution in [2.75, 3.05) is 18.9 Å². The van der Waals surface area contributed by atoms with Gasteiger partial charge in [0.05, 0.1) is 5.56 Å². The molecule has 1 atom stereocenters. The predicted octanol–water partition coefficient (Wildman–Crippen LogP) is 2.50. The van der Waals surface area contributed by atoms with Gasteiger partial charge in [0.1, 0.15) is 0 Å². The largest absolute Gasteiger partial charge is 0.398 e. The van der Waals surface area contributed by atoms with E-state index >= 15 is 0 Å². The maximum atomic E-state index is 5.94. The van der Waals surface area contributed by atoms with Crippen LogP contribution >= 0.6 is 22.6 Å². The molecule has 2 heterocycles. The highest BCUT2D eigenvalue weighted by Gasteiger charge is 2.20. The summed E-state index contributed by atoms with van der Waals surface area (Å²) in [6.07, 6.45) is 1.86. The van der Waals surface area contributed by atoms with Crippen LogP contribution in [0, 0.1) is 9.49 Å². The van der Waals surface area contributed by atoms with E-state index in [1.165, 1.54) is 0 Å². The number of benzene rings is 1. The molecule has 0 radical (unpaired) electrons. The standard InChI is InChI=1S/C13H14IN3O2/c14-9-1-2-11(15)10(6-9)13-16-12(17-19-13)5-8-3-4-18-7-8/h1-2,6,8H,3-5,7,15H2. The third-order valence-corrected chi connectivity index (χ3v) is 3.88. The molecule has 19 heavy (non-hydrogen) atoms. The summed E-state index contributed by atoms with van der Waals surface area (Å²) in [6.45, 7) is 1.62. The molecule has 2 N–H and O–H groups in total. The molecule has 3 rings (SSSR count). The van der Waals surface area contributed by atoms with Crippen molar-refractivity contribution in [3.8, 4) is 11.5 Å². The lowest BCUT2D eigenvalue weighted by Crippen LogP contribution is -2.04. The fourth-order valence-electron chi connectivity index (χ4n) is 2.16. The van der Waals surface area contributed by atoms with E-state index in [1.807, 2.05) is 18.2 Å². The first-order chi connectivity index (χ1) is 9.22. The summed E-state index contributed by atoms with van der Waals surface area (Å²) in [5, 5.41) is 4.03. The van der Waals surface area contributed by atoms with Crippen LogP contribution in [0.15, 0.2) is 22.7 Å². The summed E-state index contributed by atoms with van der Waals surface area (Å²) in [5.41, 5.74) is 7.40. The van der Waals surface area contributed by atoms with Crippen molar-refractivity contribution in [3.63, 3.8) is 0 Å². The van der Waals surface area contributed by atoms with Gasteiger partial charge in [0, 0.05) is 28.9 Å². The second-order valence-corrected chi connectivity index (χ2v) is 5.93. The van der Waals surface area contributed by atoms with E-state index in [1.54, 1.807) is 0 Å². The molecule has 100 valence electrons. The topological polar surface area (TPSA) is 74.2 Å². The molecule has 1 unspecified atom stereocenters. The highest BCUT2D eigenvalue weighted by atomic mass is 127. The SMILES string of the molecule is Nc1ccc(I)cc1-c1nc(CC2CCOC2)no1. The number of anilines is 1. The number of aromatic nitrogens is 2. The zero-order valence-electron chi connectivity index (χ0n) is 10.3. The summed E-state index contributed by atoms with van der Waals surface area (Å²) >= 11 is 2.23. The molecule has 0 spiro atoms. The molecular weight excluding hydrogens is 357 g/mol. The van der Waals surface area contributed by atoms with Gasteiger partial charge >= 0.3 is 0 Å². The van der Waals surface area contributed by atoms with Gasteiger partial charge in [-0.15, -0.1) is 0 Å². The van der Waals surface area contributed by atoms with Crippen LogP contribution in [-0.4, -0.2) is 23.4 Å². The molecule has 1 aliphatic rings. The molecule has 1 aromatic heterocycles. The van der Waals surface area contributed by atoms with Gasteiger partial charge in [0.25, 0.3) is 5.89 Å². The van der Waals surface area contributed by atoms with E-state index in [0.29, 0.717) is 17.5 Å². The summed E-state index contributed by atoms with van der Waals surface area (Å²) < 4.78 is 11.7. The number of halogens is 1. The third kappa shape index (κ3) is 2.89. The molecule has 1 aliphatic heterocycles. The Bertz CT molecular complexity index is 579. The second-order valence-electron chi connectivity index (χ2n) is 4.68. The predicted molar refractivity (Wildman–Crippen MR) is 79.5 cm³/mol. The Morgan fingerprint density at radius 3 is 3.11 bits per heavy atom. The van der Waals surface area contributed by atoms with E-state index in [-0.39, 0.29) is 0 Å². The minimum atomic E-state index is 0.491. The number of nitrogens with zero attached hydrogens (tertiary/aromatic N) is 2. The Hall–Kier alpha value is -1.15. The zero-order valence-corrected chi connectivity index (χ0v) is 12.5. The summed E-state index contributed by atoms with van der Waals surface area (Å²) in [6, 6.07) is 5.75.